The van der Waals surface area contributed by atoms with Gasteiger partial charge in [-0.05, 0) is 86.0 Å². The van der Waals surface area contributed by atoms with Crippen molar-refractivity contribution in [2.24, 2.45) is 28.6 Å². The highest BCUT2D eigenvalue weighted by Gasteiger charge is 2.66. The van der Waals surface area contributed by atoms with E-state index >= 15 is 0 Å². The number of aliphatic hydroxyl groups is 1. The predicted octanol–water partition coefficient (Wildman–Crippen LogP) is 6.32. The first-order chi connectivity index (χ1) is 12.5. The molecule has 0 aliphatic heterocycles. The second-order valence-electron chi connectivity index (χ2n) is 10.6. The summed E-state index contributed by atoms with van der Waals surface area (Å²) in [6, 6.07) is 11.1. The van der Waals surface area contributed by atoms with Crippen LogP contribution < -0.4 is 0 Å². The lowest BCUT2D eigenvalue weighted by atomic mass is 9.43. The molecule has 1 N–H and O–H groups in total. The zero-order valence-corrected chi connectivity index (χ0v) is 16.7. The molecule has 142 valence electrons. The van der Waals surface area contributed by atoms with Crippen molar-refractivity contribution >= 4 is 0 Å². The Morgan fingerprint density at radius 1 is 0.808 bits per heavy atom. The Bertz CT molecular complexity index is 668. The highest BCUT2D eigenvalue weighted by atomic mass is 16.3. The van der Waals surface area contributed by atoms with E-state index in [-0.39, 0.29) is 5.41 Å². The first kappa shape index (κ1) is 17.3. The van der Waals surface area contributed by atoms with Gasteiger partial charge in [-0.15, -0.1) is 0 Å². The normalized spacial score (nSPS) is 50.6. The van der Waals surface area contributed by atoms with Crippen LogP contribution in [0.1, 0.15) is 89.5 Å². The van der Waals surface area contributed by atoms with Crippen molar-refractivity contribution in [1.29, 1.82) is 0 Å². The van der Waals surface area contributed by atoms with Gasteiger partial charge in [0.25, 0.3) is 0 Å². The molecule has 0 amide bonds. The summed E-state index contributed by atoms with van der Waals surface area (Å²) >= 11 is 0. The molecule has 26 heavy (non-hydrogen) atoms. The highest BCUT2D eigenvalue weighted by Crippen LogP contribution is 2.70. The molecule has 4 fully saturated rings. The fourth-order valence-electron chi connectivity index (χ4n) is 8.48. The summed E-state index contributed by atoms with van der Waals surface area (Å²) in [5, 5.41) is 12.2. The van der Waals surface area contributed by atoms with Crippen molar-refractivity contribution in [2.45, 2.75) is 89.6 Å². The predicted molar refractivity (Wildman–Crippen MR) is 107 cm³/mol. The number of hydrogen-bond donors (Lipinski definition) is 1. The van der Waals surface area contributed by atoms with E-state index in [1.165, 1.54) is 63.4 Å². The number of benzene rings is 1. The molecule has 7 atom stereocenters. The zero-order valence-electron chi connectivity index (χ0n) is 16.7. The van der Waals surface area contributed by atoms with Gasteiger partial charge < -0.3 is 5.11 Å². The van der Waals surface area contributed by atoms with Crippen molar-refractivity contribution in [2.75, 3.05) is 0 Å². The average molecular weight is 353 g/mol. The summed E-state index contributed by atoms with van der Waals surface area (Å²) in [7, 11) is 0. The summed E-state index contributed by atoms with van der Waals surface area (Å²) in [5.74, 6) is 2.76. The molecule has 0 radical (unpaired) electrons. The molecule has 1 aromatic carbocycles. The smallest absolute Gasteiger partial charge is 0.0737 e. The maximum Gasteiger partial charge on any atom is 0.0737 e. The van der Waals surface area contributed by atoms with Gasteiger partial charge in [-0.1, -0.05) is 57.0 Å². The summed E-state index contributed by atoms with van der Waals surface area (Å²) in [4.78, 5) is 0. The fourth-order valence-corrected chi connectivity index (χ4v) is 8.48. The Labute approximate surface area is 159 Å². The first-order valence-corrected chi connectivity index (χ1v) is 11.3. The van der Waals surface area contributed by atoms with Crippen LogP contribution in [-0.4, -0.2) is 10.7 Å². The Morgan fingerprint density at radius 3 is 2.42 bits per heavy atom. The van der Waals surface area contributed by atoms with E-state index in [0.29, 0.717) is 17.3 Å². The Morgan fingerprint density at radius 2 is 1.62 bits per heavy atom. The molecule has 4 aliphatic rings. The molecule has 0 unspecified atom stereocenters. The molecule has 0 saturated heterocycles. The van der Waals surface area contributed by atoms with Crippen LogP contribution in [0.4, 0.5) is 0 Å². The minimum atomic E-state index is -0.443. The molecule has 1 nitrogen and oxygen atoms in total. The van der Waals surface area contributed by atoms with Crippen LogP contribution >= 0.6 is 0 Å². The van der Waals surface area contributed by atoms with Crippen LogP contribution in [0.5, 0.6) is 0 Å². The van der Waals surface area contributed by atoms with E-state index in [1.54, 1.807) is 0 Å². The van der Waals surface area contributed by atoms with Crippen LogP contribution in [0.2, 0.25) is 0 Å². The van der Waals surface area contributed by atoms with Crippen LogP contribution in [0.15, 0.2) is 30.3 Å². The fraction of sp³-hybridized carbons (Fsp3) is 0.760. The molecular weight excluding hydrogens is 316 g/mol. The largest absolute Gasteiger partial charge is 0.389 e. The maximum absolute atomic E-state index is 12.2. The zero-order chi connectivity index (χ0) is 18.0. The van der Waals surface area contributed by atoms with Crippen LogP contribution in [0.25, 0.3) is 0 Å². The second-order valence-corrected chi connectivity index (χ2v) is 10.6. The molecule has 0 heterocycles. The molecule has 0 bridgehead atoms. The van der Waals surface area contributed by atoms with Gasteiger partial charge in [-0.25, -0.2) is 0 Å². The quantitative estimate of drug-likeness (QED) is 0.627. The number of fused-ring (bicyclic) bond motifs is 5. The molecule has 5 rings (SSSR count). The van der Waals surface area contributed by atoms with Gasteiger partial charge in [0.15, 0.2) is 0 Å². The molecule has 4 aliphatic carbocycles. The van der Waals surface area contributed by atoms with Gasteiger partial charge in [0.05, 0.1) is 5.60 Å². The van der Waals surface area contributed by atoms with Gasteiger partial charge in [-0.3, -0.25) is 0 Å². The lowest BCUT2D eigenvalue weighted by Crippen LogP contribution is -2.61. The third-order valence-corrected chi connectivity index (χ3v) is 9.97. The van der Waals surface area contributed by atoms with Gasteiger partial charge in [0.1, 0.15) is 0 Å². The van der Waals surface area contributed by atoms with Crippen molar-refractivity contribution < 1.29 is 5.11 Å². The van der Waals surface area contributed by atoms with Crippen LogP contribution in [0, 0.1) is 28.6 Å². The highest BCUT2D eigenvalue weighted by molar-refractivity contribution is 5.29. The molecule has 1 aromatic rings. The molecule has 4 saturated carbocycles. The average Bonchev–Trinajstić information content (AvgIpc) is 2.93. The van der Waals surface area contributed by atoms with Gasteiger partial charge >= 0.3 is 0 Å². The lowest BCUT2D eigenvalue weighted by molar-refractivity contribution is -0.200. The summed E-state index contributed by atoms with van der Waals surface area (Å²) < 4.78 is 0. The maximum atomic E-state index is 12.2. The number of hydrogen-bond acceptors (Lipinski definition) is 1. The van der Waals surface area contributed by atoms with E-state index < -0.39 is 5.60 Å². The summed E-state index contributed by atoms with van der Waals surface area (Å²) in [5.41, 5.74) is 1.58. The standard InChI is InChI=1S/C25H36O/c1-23-15-7-6-10-19(23)11-12-22-21(23)13-16-24(2)20(14-17-25(22,24)26)18-8-4-3-5-9-18/h3-5,8-9,19-22,26H,6-7,10-17H2,1-2H3/t19-,20+,21-,22+,23-,24+,25-/m0/s1. The third-order valence-electron chi connectivity index (χ3n) is 9.97. The van der Waals surface area contributed by atoms with E-state index in [9.17, 15) is 5.11 Å². The summed E-state index contributed by atoms with van der Waals surface area (Å²) in [6.07, 6.45) is 13.1. The molecular formula is C25H36O. The van der Waals surface area contributed by atoms with E-state index in [0.717, 1.165) is 18.3 Å². The second kappa shape index (κ2) is 5.84. The monoisotopic (exact) mass is 352 g/mol. The molecule has 0 aromatic heterocycles. The molecule has 0 spiro atoms. The minimum Gasteiger partial charge on any atom is -0.389 e. The lowest BCUT2D eigenvalue weighted by Gasteiger charge is -2.63. The Kier molecular flexibility index (Phi) is 3.88. The third kappa shape index (κ3) is 2.13. The van der Waals surface area contributed by atoms with Gasteiger partial charge in [0, 0.05) is 5.41 Å². The minimum absolute atomic E-state index is 0.0629. The SMILES string of the molecule is C[C@]12CCCC[C@H]1CC[C@@H]1[C@@H]2CC[C@]2(C)[C@@H](c3ccccc3)CC[C@]12O. The molecule has 1 heteroatoms. The van der Waals surface area contributed by atoms with Gasteiger partial charge in [-0.2, -0.15) is 0 Å². The van der Waals surface area contributed by atoms with E-state index in [4.69, 9.17) is 0 Å². The van der Waals surface area contributed by atoms with Crippen LogP contribution in [0.3, 0.4) is 0 Å². The van der Waals surface area contributed by atoms with Crippen molar-refractivity contribution in [3.05, 3.63) is 35.9 Å². The number of rotatable bonds is 1. The van der Waals surface area contributed by atoms with Gasteiger partial charge in [0.2, 0.25) is 0 Å². The van der Waals surface area contributed by atoms with E-state index in [2.05, 4.69) is 44.2 Å². The summed E-state index contributed by atoms with van der Waals surface area (Å²) in [6.45, 7) is 5.03. The van der Waals surface area contributed by atoms with Crippen molar-refractivity contribution in [1.82, 2.24) is 0 Å². The Balaban J connectivity index is 1.50. The van der Waals surface area contributed by atoms with Crippen LogP contribution in [-0.2, 0) is 0 Å². The van der Waals surface area contributed by atoms with E-state index in [1.807, 2.05) is 0 Å². The Hall–Kier alpha value is -0.820. The van der Waals surface area contributed by atoms with Crippen molar-refractivity contribution in [3.63, 3.8) is 0 Å². The topological polar surface area (TPSA) is 20.2 Å². The first-order valence-electron chi connectivity index (χ1n) is 11.3. The van der Waals surface area contributed by atoms with Crippen molar-refractivity contribution in [3.8, 4) is 0 Å².